The summed E-state index contributed by atoms with van der Waals surface area (Å²) in [6.07, 6.45) is 1.95. The molecule has 0 saturated heterocycles. The van der Waals surface area contributed by atoms with E-state index in [0.717, 1.165) is 31.2 Å². The molecular weight excluding hydrogens is 355 g/mol. The second-order valence-electron chi connectivity index (χ2n) is 6.25. The van der Waals surface area contributed by atoms with Gasteiger partial charge in [0.2, 0.25) is 0 Å². The van der Waals surface area contributed by atoms with Crippen molar-refractivity contribution in [2.24, 2.45) is 0 Å². The molecule has 0 aromatic heterocycles. The fourth-order valence-electron chi connectivity index (χ4n) is 2.96. The molecule has 3 rings (SSSR count). The van der Waals surface area contributed by atoms with Crippen molar-refractivity contribution in [2.75, 3.05) is 19.3 Å². The van der Waals surface area contributed by atoms with Crippen molar-refractivity contribution in [1.82, 2.24) is 5.32 Å². The van der Waals surface area contributed by atoms with E-state index in [1.807, 2.05) is 12.1 Å². The van der Waals surface area contributed by atoms with Crippen LogP contribution >= 0.6 is 7.92 Å². The standard InChI is InChI=1S/C22H23N2O2P/c25-24(26)20-13-11-19(12-14-20)15-16-23-17-18-27(21-7-3-1-4-8-21)22-9-5-2-6-10-22/h1-14,23H,15-18H2. The first-order chi connectivity index (χ1) is 13.2. The molecule has 3 aromatic rings. The Hall–Kier alpha value is -2.55. The van der Waals surface area contributed by atoms with Gasteiger partial charge in [-0.1, -0.05) is 72.8 Å². The molecule has 0 aliphatic heterocycles. The van der Waals surface area contributed by atoms with Crippen molar-refractivity contribution in [3.05, 3.63) is 101 Å². The van der Waals surface area contributed by atoms with Gasteiger partial charge in [-0.05, 0) is 49.8 Å². The maximum Gasteiger partial charge on any atom is 0.269 e. The highest BCUT2D eigenvalue weighted by Gasteiger charge is 2.12. The summed E-state index contributed by atoms with van der Waals surface area (Å²) in [6.45, 7) is 1.81. The summed E-state index contributed by atoms with van der Waals surface area (Å²) in [5.41, 5.74) is 1.25. The van der Waals surface area contributed by atoms with E-state index in [0.29, 0.717) is 0 Å². The predicted octanol–water partition coefficient (Wildman–Crippen LogP) is 3.86. The normalized spacial score (nSPS) is 10.9. The predicted molar refractivity (Wildman–Crippen MR) is 114 cm³/mol. The summed E-state index contributed by atoms with van der Waals surface area (Å²) in [6, 6.07) is 28.2. The molecular formula is C22H23N2O2P. The minimum Gasteiger partial charge on any atom is -0.316 e. The molecule has 0 heterocycles. The van der Waals surface area contributed by atoms with Gasteiger partial charge in [-0.2, -0.15) is 0 Å². The molecule has 0 radical (unpaired) electrons. The van der Waals surface area contributed by atoms with E-state index in [4.69, 9.17) is 0 Å². The first kappa shape index (κ1) is 19.2. The molecule has 0 bridgehead atoms. The number of nitro benzene ring substituents is 1. The van der Waals surface area contributed by atoms with Crippen LogP contribution in [0.15, 0.2) is 84.9 Å². The minimum atomic E-state index is -0.371. The Kier molecular flexibility index (Phi) is 7.09. The number of benzene rings is 3. The second-order valence-corrected chi connectivity index (χ2v) is 8.58. The molecule has 27 heavy (non-hydrogen) atoms. The summed E-state index contributed by atoms with van der Waals surface area (Å²) in [7, 11) is -0.371. The maximum absolute atomic E-state index is 10.7. The van der Waals surface area contributed by atoms with Crippen molar-refractivity contribution in [2.45, 2.75) is 6.42 Å². The van der Waals surface area contributed by atoms with Gasteiger partial charge in [0.25, 0.3) is 5.69 Å². The lowest BCUT2D eigenvalue weighted by Crippen LogP contribution is -2.24. The highest BCUT2D eigenvalue weighted by atomic mass is 31.1. The lowest BCUT2D eigenvalue weighted by molar-refractivity contribution is -0.384. The fourth-order valence-corrected chi connectivity index (χ4v) is 5.22. The SMILES string of the molecule is O=[N+]([O-])c1ccc(CCNCCP(c2ccccc2)c2ccccc2)cc1. The van der Waals surface area contributed by atoms with Gasteiger partial charge in [0.1, 0.15) is 0 Å². The third-order valence-electron chi connectivity index (χ3n) is 4.39. The molecule has 0 fully saturated rings. The van der Waals surface area contributed by atoms with Gasteiger partial charge in [-0.3, -0.25) is 10.1 Å². The molecule has 3 aromatic carbocycles. The van der Waals surface area contributed by atoms with Crippen LogP contribution in [-0.2, 0) is 6.42 Å². The number of nitrogens with one attached hydrogen (secondary N) is 1. The Morgan fingerprint density at radius 2 is 1.33 bits per heavy atom. The lowest BCUT2D eigenvalue weighted by Gasteiger charge is -2.19. The number of rotatable bonds is 9. The Balaban J connectivity index is 1.51. The average molecular weight is 378 g/mol. The Morgan fingerprint density at radius 1 is 0.778 bits per heavy atom. The number of nitrogens with zero attached hydrogens (tertiary/aromatic N) is 1. The van der Waals surface area contributed by atoms with E-state index in [1.165, 1.54) is 10.6 Å². The van der Waals surface area contributed by atoms with Crippen molar-refractivity contribution < 1.29 is 4.92 Å². The molecule has 4 nitrogen and oxygen atoms in total. The van der Waals surface area contributed by atoms with Gasteiger partial charge in [-0.25, -0.2) is 0 Å². The van der Waals surface area contributed by atoms with E-state index < -0.39 is 0 Å². The highest BCUT2D eigenvalue weighted by Crippen LogP contribution is 2.32. The summed E-state index contributed by atoms with van der Waals surface area (Å²) >= 11 is 0. The molecule has 0 unspecified atom stereocenters. The molecule has 0 aliphatic rings. The van der Waals surface area contributed by atoms with E-state index in [1.54, 1.807) is 12.1 Å². The number of non-ortho nitro benzene ring substituents is 1. The minimum absolute atomic E-state index is 0.142. The van der Waals surface area contributed by atoms with Crippen molar-refractivity contribution in [3.8, 4) is 0 Å². The van der Waals surface area contributed by atoms with Gasteiger partial charge in [-0.15, -0.1) is 0 Å². The molecule has 0 spiro atoms. The van der Waals surface area contributed by atoms with E-state index >= 15 is 0 Å². The molecule has 0 atom stereocenters. The van der Waals surface area contributed by atoms with Crippen molar-refractivity contribution in [1.29, 1.82) is 0 Å². The van der Waals surface area contributed by atoms with Crippen LogP contribution in [0.1, 0.15) is 5.56 Å². The summed E-state index contributed by atoms with van der Waals surface area (Å²) in [5, 5.41) is 17.0. The quantitative estimate of drug-likeness (QED) is 0.266. The molecule has 138 valence electrons. The zero-order valence-electron chi connectivity index (χ0n) is 15.1. The highest BCUT2D eigenvalue weighted by molar-refractivity contribution is 7.73. The van der Waals surface area contributed by atoms with Crippen LogP contribution < -0.4 is 15.9 Å². The average Bonchev–Trinajstić information content (AvgIpc) is 2.72. The van der Waals surface area contributed by atoms with Gasteiger partial charge in [0.05, 0.1) is 4.92 Å². The largest absolute Gasteiger partial charge is 0.316 e. The number of hydrogen-bond acceptors (Lipinski definition) is 3. The second kappa shape index (κ2) is 9.96. The molecule has 0 saturated carbocycles. The van der Waals surface area contributed by atoms with E-state index in [2.05, 4.69) is 66.0 Å². The Bertz CT molecular complexity index is 800. The topological polar surface area (TPSA) is 55.2 Å². The van der Waals surface area contributed by atoms with Crippen LogP contribution in [0.5, 0.6) is 0 Å². The van der Waals surface area contributed by atoms with Gasteiger partial charge in [0.15, 0.2) is 0 Å². The van der Waals surface area contributed by atoms with Crippen LogP contribution in [0.4, 0.5) is 5.69 Å². The van der Waals surface area contributed by atoms with Gasteiger partial charge >= 0.3 is 0 Å². The Morgan fingerprint density at radius 3 is 1.85 bits per heavy atom. The third kappa shape index (κ3) is 5.72. The molecule has 5 heteroatoms. The first-order valence-corrected chi connectivity index (χ1v) is 10.6. The van der Waals surface area contributed by atoms with Crippen LogP contribution in [0, 0.1) is 10.1 Å². The van der Waals surface area contributed by atoms with Crippen LogP contribution in [0.25, 0.3) is 0 Å². The van der Waals surface area contributed by atoms with Gasteiger partial charge in [0, 0.05) is 12.1 Å². The third-order valence-corrected chi connectivity index (χ3v) is 6.90. The zero-order chi connectivity index (χ0) is 18.9. The molecule has 1 N–H and O–H groups in total. The number of hydrogen-bond donors (Lipinski definition) is 1. The smallest absolute Gasteiger partial charge is 0.269 e. The molecule has 0 aliphatic carbocycles. The summed E-state index contributed by atoms with van der Waals surface area (Å²) < 4.78 is 0. The van der Waals surface area contributed by atoms with Crippen LogP contribution in [0.3, 0.4) is 0 Å². The zero-order valence-corrected chi connectivity index (χ0v) is 16.0. The monoisotopic (exact) mass is 378 g/mol. The summed E-state index contributed by atoms with van der Waals surface area (Å²) in [4.78, 5) is 10.3. The molecule has 0 amide bonds. The van der Waals surface area contributed by atoms with Crippen molar-refractivity contribution >= 4 is 24.2 Å². The first-order valence-electron chi connectivity index (χ1n) is 9.06. The Labute approximate surface area is 161 Å². The van der Waals surface area contributed by atoms with E-state index in [-0.39, 0.29) is 18.5 Å². The van der Waals surface area contributed by atoms with Crippen LogP contribution in [-0.4, -0.2) is 24.2 Å². The van der Waals surface area contributed by atoms with Crippen molar-refractivity contribution in [3.63, 3.8) is 0 Å². The van der Waals surface area contributed by atoms with Gasteiger partial charge < -0.3 is 5.32 Å². The van der Waals surface area contributed by atoms with Crippen LogP contribution in [0.2, 0.25) is 0 Å². The number of nitro groups is 1. The van der Waals surface area contributed by atoms with E-state index in [9.17, 15) is 10.1 Å². The fraction of sp³-hybridized carbons (Fsp3) is 0.182. The maximum atomic E-state index is 10.7. The summed E-state index contributed by atoms with van der Waals surface area (Å²) in [5.74, 6) is 0. The lowest BCUT2D eigenvalue weighted by atomic mass is 10.1.